The highest BCUT2D eigenvalue weighted by Gasteiger charge is 2.34. The molecule has 6 heteroatoms. The van der Waals surface area contributed by atoms with Crippen molar-refractivity contribution < 1.29 is 9.90 Å². The summed E-state index contributed by atoms with van der Waals surface area (Å²) in [4.78, 5) is 18.1. The molecular weight excluding hydrogens is 376 g/mol. The number of hydrogen-bond donors (Lipinski definition) is 3. The van der Waals surface area contributed by atoms with Gasteiger partial charge in [0.05, 0.1) is 22.6 Å². The zero-order valence-electron chi connectivity index (χ0n) is 16.3. The number of nitrogens with one attached hydrogen (secondary N) is 2. The third-order valence-corrected chi connectivity index (χ3v) is 5.29. The van der Waals surface area contributed by atoms with Crippen LogP contribution in [0.1, 0.15) is 18.5 Å². The van der Waals surface area contributed by atoms with Crippen LogP contribution >= 0.6 is 0 Å². The molecule has 3 aromatic carbocycles. The van der Waals surface area contributed by atoms with Gasteiger partial charge in [-0.1, -0.05) is 42.5 Å². The summed E-state index contributed by atoms with van der Waals surface area (Å²) in [5, 5.41) is 16.4. The number of nitrogens with zero attached hydrogens (tertiary/aromatic N) is 2. The number of carbonyl (C=O) groups is 1. The quantitative estimate of drug-likeness (QED) is 0.470. The largest absolute Gasteiger partial charge is 0.508 e. The molecule has 0 bridgehead atoms. The Morgan fingerprint density at radius 1 is 1.03 bits per heavy atom. The Balaban J connectivity index is 1.69. The second-order valence-electron chi connectivity index (χ2n) is 7.28. The Morgan fingerprint density at radius 2 is 1.80 bits per heavy atom. The normalized spacial score (nSPS) is 15.6. The molecule has 0 radical (unpaired) electrons. The Labute approximate surface area is 173 Å². The minimum atomic E-state index is -0.440. The molecule has 0 saturated heterocycles. The van der Waals surface area contributed by atoms with Crippen molar-refractivity contribution in [3.05, 3.63) is 95.7 Å². The summed E-state index contributed by atoms with van der Waals surface area (Å²) in [5.41, 5.74) is 4.56. The van der Waals surface area contributed by atoms with Gasteiger partial charge in [-0.2, -0.15) is 0 Å². The molecule has 0 saturated carbocycles. The predicted octanol–water partition coefficient (Wildman–Crippen LogP) is 4.67. The summed E-state index contributed by atoms with van der Waals surface area (Å²) in [6, 6.07) is 23.8. The van der Waals surface area contributed by atoms with E-state index in [0.717, 1.165) is 28.0 Å². The average Bonchev–Trinajstić information content (AvgIpc) is 3.11. The highest BCUT2D eigenvalue weighted by atomic mass is 16.3. The smallest absolute Gasteiger partial charge is 0.255 e. The Morgan fingerprint density at radius 3 is 2.60 bits per heavy atom. The van der Waals surface area contributed by atoms with Gasteiger partial charge in [0.25, 0.3) is 5.91 Å². The minimum absolute atomic E-state index is 0.150. The van der Waals surface area contributed by atoms with Gasteiger partial charge in [0, 0.05) is 11.4 Å². The maximum absolute atomic E-state index is 13.4. The first-order valence-corrected chi connectivity index (χ1v) is 9.72. The van der Waals surface area contributed by atoms with Crippen molar-refractivity contribution in [1.29, 1.82) is 0 Å². The summed E-state index contributed by atoms with van der Waals surface area (Å²) in [6.07, 6.45) is 0. The van der Waals surface area contributed by atoms with Crippen LogP contribution in [-0.2, 0) is 4.79 Å². The van der Waals surface area contributed by atoms with E-state index in [9.17, 15) is 9.90 Å². The standard InChI is InChI=1S/C24H20N4O2/c1-15-21(23(30)26-17-9-3-2-4-10-17)22(16-8-7-11-18(29)14-16)28-20-13-6-5-12-19(20)27-24(28)25-15/h2-14,22,29H,1H3,(H,25,27)(H,26,30). The number of hydrogen-bond acceptors (Lipinski definition) is 4. The summed E-state index contributed by atoms with van der Waals surface area (Å²) in [7, 11) is 0. The zero-order valence-corrected chi connectivity index (χ0v) is 16.3. The molecule has 0 spiro atoms. The fraction of sp³-hybridized carbons (Fsp3) is 0.0833. The molecule has 1 atom stereocenters. The van der Waals surface area contributed by atoms with Gasteiger partial charge >= 0.3 is 0 Å². The van der Waals surface area contributed by atoms with E-state index in [-0.39, 0.29) is 11.7 Å². The number of aromatic hydroxyl groups is 1. The molecule has 0 fully saturated rings. The van der Waals surface area contributed by atoms with E-state index in [1.165, 1.54) is 0 Å². The highest BCUT2D eigenvalue weighted by molar-refractivity contribution is 6.06. The molecule has 1 amide bonds. The number of imidazole rings is 1. The van der Waals surface area contributed by atoms with Crippen molar-refractivity contribution in [2.75, 3.05) is 10.6 Å². The van der Waals surface area contributed by atoms with Crippen LogP contribution in [0.3, 0.4) is 0 Å². The minimum Gasteiger partial charge on any atom is -0.508 e. The van der Waals surface area contributed by atoms with Crippen LogP contribution in [0.5, 0.6) is 5.75 Å². The van der Waals surface area contributed by atoms with E-state index in [2.05, 4.69) is 10.6 Å². The van der Waals surface area contributed by atoms with Gasteiger partial charge in [0.15, 0.2) is 0 Å². The first-order valence-electron chi connectivity index (χ1n) is 9.72. The summed E-state index contributed by atoms with van der Waals surface area (Å²) >= 11 is 0. The topological polar surface area (TPSA) is 79.2 Å². The third-order valence-electron chi connectivity index (χ3n) is 5.29. The second kappa shape index (κ2) is 7.08. The van der Waals surface area contributed by atoms with E-state index in [4.69, 9.17) is 4.98 Å². The number of fused-ring (bicyclic) bond motifs is 3. The Hall–Kier alpha value is -4.06. The number of amides is 1. The number of phenols is 1. The number of para-hydroxylation sites is 3. The number of aromatic nitrogens is 2. The van der Waals surface area contributed by atoms with Crippen LogP contribution in [0.4, 0.5) is 11.6 Å². The van der Waals surface area contributed by atoms with Crippen molar-refractivity contribution in [1.82, 2.24) is 9.55 Å². The highest BCUT2D eigenvalue weighted by Crippen LogP contribution is 2.40. The van der Waals surface area contributed by atoms with E-state index in [0.29, 0.717) is 11.5 Å². The lowest BCUT2D eigenvalue weighted by Crippen LogP contribution is -2.30. The van der Waals surface area contributed by atoms with Crippen molar-refractivity contribution in [2.45, 2.75) is 13.0 Å². The molecule has 6 nitrogen and oxygen atoms in total. The number of allylic oxidation sites excluding steroid dienone is 1. The molecular formula is C24H20N4O2. The summed E-state index contributed by atoms with van der Waals surface area (Å²) < 4.78 is 2.01. The molecule has 1 aliphatic rings. The number of rotatable bonds is 3. The molecule has 148 valence electrons. The third kappa shape index (κ3) is 2.99. The van der Waals surface area contributed by atoms with Gasteiger partial charge in [-0.3, -0.25) is 9.36 Å². The maximum atomic E-state index is 13.4. The molecule has 1 aliphatic heterocycles. The van der Waals surface area contributed by atoms with Crippen LogP contribution in [0, 0.1) is 0 Å². The van der Waals surface area contributed by atoms with Crippen molar-refractivity contribution in [2.24, 2.45) is 0 Å². The number of benzene rings is 3. The zero-order chi connectivity index (χ0) is 20.7. The van der Waals surface area contributed by atoms with Gasteiger partial charge in [-0.25, -0.2) is 4.98 Å². The SMILES string of the molecule is CC1=C(C(=O)Nc2ccccc2)C(c2cccc(O)c2)n2c(nc3ccccc32)N1. The summed E-state index contributed by atoms with van der Waals surface area (Å²) in [6.45, 7) is 1.87. The van der Waals surface area contributed by atoms with Crippen LogP contribution in [0.2, 0.25) is 0 Å². The van der Waals surface area contributed by atoms with Gasteiger partial charge in [0.2, 0.25) is 5.95 Å². The van der Waals surface area contributed by atoms with E-state index in [1.807, 2.05) is 72.2 Å². The van der Waals surface area contributed by atoms with E-state index < -0.39 is 6.04 Å². The van der Waals surface area contributed by atoms with Crippen LogP contribution in [-0.4, -0.2) is 20.6 Å². The molecule has 5 rings (SSSR count). The fourth-order valence-electron chi connectivity index (χ4n) is 3.99. The van der Waals surface area contributed by atoms with Crippen molar-refractivity contribution >= 4 is 28.6 Å². The van der Waals surface area contributed by atoms with Crippen LogP contribution in [0.25, 0.3) is 11.0 Å². The number of phenolic OH excluding ortho intramolecular Hbond substituents is 1. The van der Waals surface area contributed by atoms with Gasteiger partial charge in [-0.05, 0) is 48.9 Å². The lowest BCUT2D eigenvalue weighted by molar-refractivity contribution is -0.113. The van der Waals surface area contributed by atoms with Crippen LogP contribution in [0.15, 0.2) is 90.1 Å². The molecule has 30 heavy (non-hydrogen) atoms. The second-order valence-corrected chi connectivity index (χ2v) is 7.28. The fourth-order valence-corrected chi connectivity index (χ4v) is 3.99. The first-order chi connectivity index (χ1) is 14.6. The first kappa shape index (κ1) is 18.0. The number of carbonyl (C=O) groups excluding carboxylic acids is 1. The Bertz CT molecular complexity index is 1290. The Kier molecular flexibility index (Phi) is 4.25. The molecule has 0 aliphatic carbocycles. The van der Waals surface area contributed by atoms with Gasteiger partial charge < -0.3 is 15.7 Å². The molecule has 2 heterocycles. The van der Waals surface area contributed by atoms with Gasteiger partial charge in [-0.15, -0.1) is 0 Å². The van der Waals surface area contributed by atoms with Gasteiger partial charge in [0.1, 0.15) is 5.75 Å². The number of anilines is 2. The predicted molar refractivity (Wildman–Crippen MR) is 117 cm³/mol. The molecule has 3 N–H and O–H groups in total. The molecule has 1 aromatic heterocycles. The lowest BCUT2D eigenvalue weighted by Gasteiger charge is -2.30. The maximum Gasteiger partial charge on any atom is 0.255 e. The van der Waals surface area contributed by atoms with E-state index >= 15 is 0 Å². The van der Waals surface area contributed by atoms with Crippen molar-refractivity contribution in [3.63, 3.8) is 0 Å². The van der Waals surface area contributed by atoms with E-state index in [1.54, 1.807) is 18.2 Å². The van der Waals surface area contributed by atoms with Crippen molar-refractivity contribution in [3.8, 4) is 5.75 Å². The average molecular weight is 396 g/mol. The van der Waals surface area contributed by atoms with Crippen LogP contribution < -0.4 is 10.6 Å². The molecule has 4 aromatic rings. The monoisotopic (exact) mass is 396 g/mol. The lowest BCUT2D eigenvalue weighted by atomic mass is 9.94. The molecule has 1 unspecified atom stereocenters. The summed E-state index contributed by atoms with van der Waals surface area (Å²) in [5.74, 6) is 0.610.